The van der Waals surface area contributed by atoms with E-state index in [1.165, 1.54) is 7.11 Å². The zero-order chi connectivity index (χ0) is 12.1. The van der Waals surface area contributed by atoms with Crippen molar-refractivity contribution in [3.63, 3.8) is 0 Å². The van der Waals surface area contributed by atoms with Crippen molar-refractivity contribution in [1.82, 2.24) is 0 Å². The molecule has 0 bridgehead atoms. The first-order chi connectivity index (χ1) is 7.54. The predicted molar refractivity (Wildman–Crippen MR) is 61.4 cm³/mol. The van der Waals surface area contributed by atoms with Gasteiger partial charge in [0, 0.05) is 10.9 Å². The fourth-order valence-electron chi connectivity index (χ4n) is 1.24. The monoisotopic (exact) mass is 286 g/mol. The number of hydrogen-bond donors (Lipinski definition) is 1. The molecule has 0 heterocycles. The summed E-state index contributed by atoms with van der Waals surface area (Å²) in [5.74, 6) is -1.26. The van der Waals surface area contributed by atoms with Crippen LogP contribution >= 0.6 is 15.9 Å². The molecule has 0 saturated heterocycles. The average molecular weight is 287 g/mol. The lowest BCUT2D eigenvalue weighted by atomic mass is 10.1. The van der Waals surface area contributed by atoms with Gasteiger partial charge >= 0.3 is 11.9 Å². The molecule has 4 nitrogen and oxygen atoms in total. The van der Waals surface area contributed by atoms with Gasteiger partial charge in [-0.1, -0.05) is 6.07 Å². The lowest BCUT2D eigenvalue weighted by molar-refractivity contribution is -0.136. The highest BCUT2D eigenvalue weighted by atomic mass is 79.9. The molecule has 0 aromatic heterocycles. The molecular weight excluding hydrogens is 276 g/mol. The summed E-state index contributed by atoms with van der Waals surface area (Å²) in [7, 11) is 1.31. The molecule has 0 aliphatic rings. The van der Waals surface area contributed by atoms with Crippen LogP contribution in [-0.2, 0) is 16.0 Å². The predicted octanol–water partition coefficient (Wildman–Crippen LogP) is 2.25. The van der Waals surface area contributed by atoms with Gasteiger partial charge in [0.15, 0.2) is 0 Å². The number of rotatable bonds is 4. The third kappa shape index (κ3) is 3.34. The van der Waals surface area contributed by atoms with Crippen LogP contribution in [0, 0.1) is 0 Å². The number of carboxylic acid groups (broad SMARTS) is 1. The van der Waals surface area contributed by atoms with Crippen LogP contribution in [0.15, 0.2) is 22.7 Å². The molecule has 1 N–H and O–H groups in total. The topological polar surface area (TPSA) is 63.6 Å². The molecule has 0 unspecified atom stereocenters. The first-order valence-electron chi connectivity index (χ1n) is 4.63. The van der Waals surface area contributed by atoms with Gasteiger partial charge < -0.3 is 9.84 Å². The number of halogens is 1. The highest BCUT2D eigenvalue weighted by molar-refractivity contribution is 9.10. The molecule has 16 heavy (non-hydrogen) atoms. The number of carboxylic acids is 1. The Hall–Kier alpha value is -1.36. The molecule has 0 aliphatic heterocycles. The molecule has 5 heteroatoms. The number of carbonyl (C=O) groups is 2. The maximum atomic E-state index is 11.3. The van der Waals surface area contributed by atoms with E-state index in [2.05, 4.69) is 20.7 Å². The Kier molecular flexibility index (Phi) is 4.49. The number of carbonyl (C=O) groups excluding carboxylic acids is 1. The Morgan fingerprint density at radius 3 is 2.62 bits per heavy atom. The lowest BCUT2D eigenvalue weighted by Crippen LogP contribution is -2.03. The van der Waals surface area contributed by atoms with E-state index in [9.17, 15) is 9.59 Å². The molecule has 0 atom stereocenters. The van der Waals surface area contributed by atoms with E-state index in [0.29, 0.717) is 16.5 Å². The van der Waals surface area contributed by atoms with Crippen LogP contribution in [0.5, 0.6) is 0 Å². The van der Waals surface area contributed by atoms with Gasteiger partial charge in [-0.05, 0) is 40.0 Å². The van der Waals surface area contributed by atoms with Gasteiger partial charge in [-0.3, -0.25) is 4.79 Å². The summed E-state index contributed by atoms with van der Waals surface area (Å²) in [6.45, 7) is 0. The van der Waals surface area contributed by atoms with Gasteiger partial charge in [0.1, 0.15) is 0 Å². The molecule has 1 aromatic carbocycles. The molecule has 0 spiro atoms. The van der Waals surface area contributed by atoms with E-state index in [1.807, 2.05) is 0 Å². The van der Waals surface area contributed by atoms with Crippen molar-refractivity contribution in [3.05, 3.63) is 33.8 Å². The number of methoxy groups -OCH3 is 1. The van der Waals surface area contributed by atoms with Crippen molar-refractivity contribution in [2.24, 2.45) is 0 Å². The second-order valence-corrected chi connectivity index (χ2v) is 4.05. The highest BCUT2D eigenvalue weighted by Gasteiger charge is 2.10. The summed E-state index contributed by atoms with van der Waals surface area (Å²) < 4.78 is 5.21. The number of hydrogen-bond acceptors (Lipinski definition) is 3. The lowest BCUT2D eigenvalue weighted by Gasteiger charge is -2.04. The molecule has 0 radical (unpaired) electrons. The molecule has 0 amide bonds. The number of benzene rings is 1. The summed E-state index contributed by atoms with van der Waals surface area (Å²) >= 11 is 3.25. The largest absolute Gasteiger partial charge is 0.481 e. The maximum absolute atomic E-state index is 11.3. The van der Waals surface area contributed by atoms with Crippen molar-refractivity contribution < 1.29 is 19.4 Å². The maximum Gasteiger partial charge on any atom is 0.338 e. The molecule has 0 aliphatic carbocycles. The fraction of sp³-hybridized carbons (Fsp3) is 0.273. The summed E-state index contributed by atoms with van der Waals surface area (Å²) in [5.41, 5.74) is 1.29. The van der Waals surface area contributed by atoms with Crippen molar-refractivity contribution in [2.75, 3.05) is 7.11 Å². The Balaban J connectivity index is 2.82. The first-order valence-corrected chi connectivity index (χ1v) is 5.42. The molecule has 1 rings (SSSR count). The Morgan fingerprint density at radius 2 is 2.12 bits per heavy atom. The van der Waals surface area contributed by atoms with Crippen LogP contribution in [-0.4, -0.2) is 24.2 Å². The van der Waals surface area contributed by atoms with Crippen molar-refractivity contribution in [3.8, 4) is 0 Å². The zero-order valence-corrected chi connectivity index (χ0v) is 10.3. The fourth-order valence-corrected chi connectivity index (χ4v) is 1.83. The van der Waals surface area contributed by atoms with Crippen LogP contribution in [0.25, 0.3) is 0 Å². The second-order valence-electron chi connectivity index (χ2n) is 3.20. The number of ether oxygens (including phenoxy) is 1. The minimum atomic E-state index is -0.840. The van der Waals surface area contributed by atoms with E-state index in [0.717, 1.165) is 5.56 Å². The van der Waals surface area contributed by atoms with Crippen LogP contribution in [0.4, 0.5) is 0 Å². The zero-order valence-electron chi connectivity index (χ0n) is 8.70. The number of aryl methyl sites for hydroxylation is 1. The number of aliphatic carboxylic acids is 1. The Morgan fingerprint density at radius 1 is 1.44 bits per heavy atom. The van der Waals surface area contributed by atoms with Crippen LogP contribution < -0.4 is 0 Å². The molecule has 1 aromatic rings. The first kappa shape index (κ1) is 12.7. The standard InChI is InChI=1S/C11H11BrO4/c1-16-11(15)8-4-2-7(6-9(8)12)3-5-10(13)14/h2,4,6H,3,5H2,1H3,(H,13,14). The van der Waals surface area contributed by atoms with Crippen molar-refractivity contribution in [1.29, 1.82) is 0 Å². The summed E-state index contributed by atoms with van der Waals surface area (Å²) in [6, 6.07) is 5.07. The average Bonchev–Trinajstić information content (AvgIpc) is 2.25. The highest BCUT2D eigenvalue weighted by Crippen LogP contribution is 2.20. The van der Waals surface area contributed by atoms with Gasteiger partial charge in [0.05, 0.1) is 12.7 Å². The molecule has 0 fully saturated rings. The van der Waals surface area contributed by atoms with Gasteiger partial charge in [0.25, 0.3) is 0 Å². The van der Waals surface area contributed by atoms with Crippen LogP contribution in [0.1, 0.15) is 22.3 Å². The molecule has 86 valence electrons. The van der Waals surface area contributed by atoms with Crippen LogP contribution in [0.3, 0.4) is 0 Å². The van der Waals surface area contributed by atoms with Crippen molar-refractivity contribution >= 4 is 27.9 Å². The van der Waals surface area contributed by atoms with E-state index >= 15 is 0 Å². The van der Waals surface area contributed by atoms with E-state index in [4.69, 9.17) is 5.11 Å². The van der Waals surface area contributed by atoms with Gasteiger partial charge in [-0.25, -0.2) is 4.79 Å². The Bertz CT molecular complexity index is 414. The molecular formula is C11H11BrO4. The number of esters is 1. The minimum absolute atomic E-state index is 0.0734. The van der Waals surface area contributed by atoms with Gasteiger partial charge in [0.2, 0.25) is 0 Å². The summed E-state index contributed by atoms with van der Waals surface area (Å²) in [4.78, 5) is 21.7. The van der Waals surface area contributed by atoms with Crippen LogP contribution in [0.2, 0.25) is 0 Å². The normalized spacial score (nSPS) is 9.88. The molecule has 0 saturated carbocycles. The SMILES string of the molecule is COC(=O)c1ccc(CCC(=O)O)cc1Br. The minimum Gasteiger partial charge on any atom is -0.481 e. The Labute approximate surface area is 101 Å². The van der Waals surface area contributed by atoms with Gasteiger partial charge in [-0.15, -0.1) is 0 Å². The van der Waals surface area contributed by atoms with E-state index < -0.39 is 11.9 Å². The smallest absolute Gasteiger partial charge is 0.338 e. The van der Waals surface area contributed by atoms with E-state index in [1.54, 1.807) is 18.2 Å². The summed E-state index contributed by atoms with van der Waals surface area (Å²) in [6.07, 6.45) is 0.513. The third-order valence-electron chi connectivity index (χ3n) is 2.07. The summed E-state index contributed by atoms with van der Waals surface area (Å²) in [5, 5.41) is 8.54. The quantitative estimate of drug-likeness (QED) is 0.863. The second kappa shape index (κ2) is 5.65. The van der Waals surface area contributed by atoms with Crippen molar-refractivity contribution in [2.45, 2.75) is 12.8 Å². The van der Waals surface area contributed by atoms with E-state index in [-0.39, 0.29) is 6.42 Å². The van der Waals surface area contributed by atoms with Gasteiger partial charge in [-0.2, -0.15) is 0 Å². The third-order valence-corrected chi connectivity index (χ3v) is 2.72.